The van der Waals surface area contributed by atoms with E-state index in [9.17, 15) is 0 Å². The van der Waals surface area contributed by atoms with Crippen molar-refractivity contribution < 1.29 is 9.15 Å². The van der Waals surface area contributed by atoms with Crippen LogP contribution in [0.15, 0.2) is 234 Å². The molecule has 0 fully saturated rings. The highest BCUT2D eigenvalue weighted by atomic mass is 16.5. The number of furan rings is 1. The number of fused-ring (bicyclic) bond motifs is 5. The second-order valence-electron chi connectivity index (χ2n) is 16.6. The number of para-hydroxylation sites is 4. The van der Waals surface area contributed by atoms with E-state index in [4.69, 9.17) is 9.15 Å². The lowest BCUT2D eigenvalue weighted by molar-refractivity contribution is 0.417. The van der Waals surface area contributed by atoms with Crippen molar-refractivity contribution in [3.05, 3.63) is 257 Å². The van der Waals surface area contributed by atoms with Gasteiger partial charge in [-0.15, -0.1) is 0 Å². The molecule has 2 heterocycles. The van der Waals surface area contributed by atoms with E-state index in [1.165, 1.54) is 50.2 Å². The predicted octanol–water partition coefficient (Wildman–Crippen LogP) is 15.5. The van der Waals surface area contributed by atoms with Crippen molar-refractivity contribution in [3.8, 4) is 16.9 Å². The van der Waals surface area contributed by atoms with Crippen molar-refractivity contribution in [2.24, 2.45) is 5.92 Å². The van der Waals surface area contributed by atoms with E-state index in [0.29, 0.717) is 0 Å². The van der Waals surface area contributed by atoms with Crippen LogP contribution in [0.25, 0.3) is 44.2 Å². The molecule has 0 N–H and O–H groups in total. The molecule has 4 aliphatic rings. The van der Waals surface area contributed by atoms with E-state index >= 15 is 0 Å². The highest BCUT2D eigenvalue weighted by Crippen LogP contribution is 2.53. The van der Waals surface area contributed by atoms with Crippen LogP contribution in [0, 0.1) is 5.92 Å². The van der Waals surface area contributed by atoms with Crippen LogP contribution in [0.1, 0.15) is 53.0 Å². The van der Waals surface area contributed by atoms with Crippen LogP contribution in [-0.2, 0) is 0 Å². The van der Waals surface area contributed by atoms with E-state index in [0.717, 1.165) is 75.2 Å². The Morgan fingerprint density at radius 2 is 1.29 bits per heavy atom. The van der Waals surface area contributed by atoms with Crippen molar-refractivity contribution in [1.82, 2.24) is 0 Å². The molecular formula is C59H43NO2. The van der Waals surface area contributed by atoms with Gasteiger partial charge >= 0.3 is 0 Å². The first-order valence-corrected chi connectivity index (χ1v) is 21.8. The topological polar surface area (TPSA) is 25.6 Å². The highest BCUT2D eigenvalue weighted by Gasteiger charge is 2.37. The summed E-state index contributed by atoms with van der Waals surface area (Å²) < 4.78 is 13.6. The average molecular weight is 798 g/mol. The summed E-state index contributed by atoms with van der Waals surface area (Å²) in [6.07, 6.45) is 18.9. The van der Waals surface area contributed by atoms with Gasteiger partial charge in [0.2, 0.25) is 0 Å². The molecule has 3 nitrogen and oxygen atoms in total. The van der Waals surface area contributed by atoms with Gasteiger partial charge in [0.25, 0.3) is 0 Å². The van der Waals surface area contributed by atoms with E-state index in [-0.39, 0.29) is 11.8 Å². The standard InChI is InChI=1S/C59H43NO2/c1-4-15-39(16-5-1)40-29-33-42(34-30-40)56(43-35-31-41(32-36-43)48-23-13-24-50-49-22-10-11-27-53(49)62-59(48)50)51-26-14-28-54-58(51)52-25-12-17-44-37-47(38-55(61-54)57(44)52)60(45-18-6-2-7-19-45)46-20-8-3-9-21-46/h1-4,6-15,17-36,38,44,56H,5,16,37H2. The molecule has 2 unspecified atom stereocenters. The summed E-state index contributed by atoms with van der Waals surface area (Å²) in [5.41, 5.74) is 17.6. The zero-order valence-electron chi connectivity index (χ0n) is 34.2. The van der Waals surface area contributed by atoms with Gasteiger partial charge in [0, 0.05) is 62.5 Å². The summed E-state index contributed by atoms with van der Waals surface area (Å²) in [6, 6.07) is 61.2. The summed E-state index contributed by atoms with van der Waals surface area (Å²) >= 11 is 0. The molecule has 7 aromatic carbocycles. The van der Waals surface area contributed by atoms with Crippen molar-refractivity contribution >= 4 is 44.5 Å². The Bertz CT molecular complexity index is 3170. The third kappa shape index (κ3) is 6.20. The summed E-state index contributed by atoms with van der Waals surface area (Å²) in [5.74, 6) is 1.93. The molecule has 62 heavy (non-hydrogen) atoms. The van der Waals surface area contributed by atoms with Crippen LogP contribution in [0.5, 0.6) is 5.75 Å². The normalized spacial score (nSPS) is 16.8. The lowest BCUT2D eigenvalue weighted by Gasteiger charge is -2.38. The SMILES string of the molecule is C1=CCCC(c2ccc(C(c3ccc(-c4cccc5c4oc4ccccc45)cc3)c3cccc4c3C3=CC=CC5CC(N(c6ccccc6)c6ccccc6)=CC(=C35)O4)cc2)=C1. The molecule has 1 aromatic heterocycles. The van der Waals surface area contributed by atoms with Gasteiger partial charge in [-0.1, -0.05) is 170 Å². The van der Waals surface area contributed by atoms with Gasteiger partial charge in [-0.2, -0.15) is 0 Å². The molecule has 12 rings (SSSR count). The smallest absolute Gasteiger partial charge is 0.143 e. The molecule has 3 heteroatoms. The number of benzene rings is 7. The van der Waals surface area contributed by atoms with E-state index in [1.807, 2.05) is 6.07 Å². The Balaban J connectivity index is 0.978. The fraction of sp³-hybridized carbons (Fsp3) is 0.0847. The number of hydrogen-bond acceptors (Lipinski definition) is 3. The first-order valence-electron chi connectivity index (χ1n) is 21.8. The maximum atomic E-state index is 7.11. The monoisotopic (exact) mass is 797 g/mol. The average Bonchev–Trinajstić information content (AvgIpc) is 3.72. The minimum atomic E-state index is -0.0485. The molecule has 0 saturated carbocycles. The van der Waals surface area contributed by atoms with Gasteiger partial charge in [-0.25, -0.2) is 0 Å². The molecule has 0 radical (unpaired) electrons. The summed E-state index contributed by atoms with van der Waals surface area (Å²) in [5, 5.41) is 2.28. The molecule has 0 bridgehead atoms. The van der Waals surface area contributed by atoms with Gasteiger partial charge in [-0.3, -0.25) is 0 Å². The Morgan fingerprint density at radius 3 is 2.03 bits per heavy atom. The highest BCUT2D eigenvalue weighted by molar-refractivity contribution is 6.09. The van der Waals surface area contributed by atoms with Gasteiger partial charge in [0.05, 0.1) is 0 Å². The minimum Gasteiger partial charge on any atom is -0.456 e. The van der Waals surface area contributed by atoms with Gasteiger partial charge in [0.1, 0.15) is 22.7 Å². The summed E-state index contributed by atoms with van der Waals surface area (Å²) in [4.78, 5) is 2.38. The van der Waals surface area contributed by atoms with E-state index in [2.05, 4.69) is 211 Å². The van der Waals surface area contributed by atoms with Crippen LogP contribution >= 0.6 is 0 Å². The van der Waals surface area contributed by atoms with Crippen LogP contribution in [0.3, 0.4) is 0 Å². The molecule has 2 atom stereocenters. The Morgan fingerprint density at radius 1 is 0.597 bits per heavy atom. The van der Waals surface area contributed by atoms with Crippen LogP contribution in [0.2, 0.25) is 0 Å². The van der Waals surface area contributed by atoms with E-state index in [1.54, 1.807) is 0 Å². The number of ether oxygens (including phenoxy) is 1. The van der Waals surface area contributed by atoms with Crippen molar-refractivity contribution in [2.75, 3.05) is 4.90 Å². The minimum absolute atomic E-state index is 0.0485. The second-order valence-corrected chi connectivity index (χ2v) is 16.6. The molecular weight excluding hydrogens is 755 g/mol. The molecule has 0 spiro atoms. The Hall–Kier alpha value is -7.62. The fourth-order valence-electron chi connectivity index (χ4n) is 10.2. The maximum absolute atomic E-state index is 7.11. The zero-order chi connectivity index (χ0) is 41.0. The van der Waals surface area contributed by atoms with E-state index < -0.39 is 0 Å². The number of anilines is 2. The predicted molar refractivity (Wildman–Crippen MR) is 255 cm³/mol. The first kappa shape index (κ1) is 36.2. The number of allylic oxidation sites excluding steroid dienone is 11. The lowest BCUT2D eigenvalue weighted by Crippen LogP contribution is -2.27. The van der Waals surface area contributed by atoms with Crippen LogP contribution in [0.4, 0.5) is 11.4 Å². The maximum Gasteiger partial charge on any atom is 0.143 e. The zero-order valence-corrected chi connectivity index (χ0v) is 34.2. The molecule has 296 valence electrons. The Labute approximate surface area is 362 Å². The number of nitrogens with zero attached hydrogens (tertiary/aromatic N) is 1. The lowest BCUT2D eigenvalue weighted by atomic mass is 9.73. The largest absolute Gasteiger partial charge is 0.456 e. The van der Waals surface area contributed by atoms with Crippen LogP contribution in [-0.4, -0.2) is 0 Å². The fourth-order valence-corrected chi connectivity index (χ4v) is 10.2. The molecule has 1 aliphatic heterocycles. The van der Waals surface area contributed by atoms with Crippen LogP contribution < -0.4 is 9.64 Å². The van der Waals surface area contributed by atoms with Gasteiger partial charge in [0.15, 0.2) is 0 Å². The number of rotatable bonds is 8. The third-order valence-electron chi connectivity index (χ3n) is 13.0. The van der Waals surface area contributed by atoms with Gasteiger partial charge < -0.3 is 14.1 Å². The van der Waals surface area contributed by atoms with Crippen molar-refractivity contribution in [3.63, 3.8) is 0 Å². The number of hydrogen-bond donors (Lipinski definition) is 0. The summed E-state index contributed by atoms with van der Waals surface area (Å²) in [6.45, 7) is 0. The van der Waals surface area contributed by atoms with Gasteiger partial charge in [-0.05, 0) is 94.6 Å². The second kappa shape index (κ2) is 15.1. The van der Waals surface area contributed by atoms with Crippen molar-refractivity contribution in [1.29, 1.82) is 0 Å². The molecule has 8 aromatic rings. The first-order chi connectivity index (χ1) is 30.7. The van der Waals surface area contributed by atoms with Crippen molar-refractivity contribution in [2.45, 2.75) is 25.2 Å². The third-order valence-corrected chi connectivity index (χ3v) is 13.0. The Kier molecular flexibility index (Phi) is 8.85. The molecule has 3 aliphatic carbocycles. The molecule has 0 amide bonds. The summed E-state index contributed by atoms with van der Waals surface area (Å²) in [7, 11) is 0. The molecule has 0 saturated heterocycles. The quantitative estimate of drug-likeness (QED) is 0.143.